The number of rotatable bonds is 3. The molecule has 0 aliphatic carbocycles. The molecule has 1 aliphatic rings. The van der Waals surface area contributed by atoms with Gasteiger partial charge in [0, 0.05) is 42.0 Å². The fourth-order valence-corrected chi connectivity index (χ4v) is 3.97. The third-order valence-electron chi connectivity index (χ3n) is 5.50. The summed E-state index contributed by atoms with van der Waals surface area (Å²) in [6, 6.07) is 6.84. The van der Waals surface area contributed by atoms with Crippen LogP contribution >= 0.6 is 0 Å². The number of fused-ring (bicyclic) bond motifs is 1. The molecule has 0 saturated heterocycles. The van der Waals surface area contributed by atoms with Gasteiger partial charge in [0.2, 0.25) is 5.88 Å². The SMILES string of the molecule is COc1nccc(C(=O)N2CCc3c(nn(C)c3-c3ccc(F)c(C)c3)C2)c1C. The van der Waals surface area contributed by atoms with E-state index in [9.17, 15) is 9.18 Å². The van der Waals surface area contributed by atoms with Gasteiger partial charge in [-0.1, -0.05) is 0 Å². The van der Waals surface area contributed by atoms with Crippen molar-refractivity contribution < 1.29 is 13.9 Å². The number of carbonyl (C=O) groups is 1. The summed E-state index contributed by atoms with van der Waals surface area (Å²) in [5.74, 6) is 0.184. The molecule has 0 atom stereocenters. The topological polar surface area (TPSA) is 60.2 Å². The lowest BCUT2D eigenvalue weighted by atomic mass is 9.98. The van der Waals surface area contributed by atoms with Crippen molar-refractivity contribution >= 4 is 5.91 Å². The zero-order valence-electron chi connectivity index (χ0n) is 17.0. The van der Waals surface area contributed by atoms with Gasteiger partial charge < -0.3 is 9.64 Å². The van der Waals surface area contributed by atoms with Gasteiger partial charge in [0.1, 0.15) is 5.82 Å². The maximum Gasteiger partial charge on any atom is 0.254 e. The number of halogens is 1. The number of methoxy groups -OCH3 is 1. The Balaban J connectivity index is 1.65. The average molecular weight is 394 g/mol. The van der Waals surface area contributed by atoms with Crippen LogP contribution in [-0.4, -0.2) is 39.2 Å². The van der Waals surface area contributed by atoms with E-state index < -0.39 is 0 Å². The van der Waals surface area contributed by atoms with E-state index in [-0.39, 0.29) is 11.7 Å². The van der Waals surface area contributed by atoms with E-state index in [4.69, 9.17) is 4.74 Å². The molecule has 3 heterocycles. The number of amides is 1. The van der Waals surface area contributed by atoms with Crippen LogP contribution in [0, 0.1) is 19.7 Å². The molecule has 1 aromatic carbocycles. The molecule has 1 aliphatic heterocycles. The van der Waals surface area contributed by atoms with E-state index in [0.717, 1.165) is 28.1 Å². The Morgan fingerprint density at radius 3 is 2.76 bits per heavy atom. The zero-order chi connectivity index (χ0) is 20.7. The molecule has 150 valence electrons. The molecule has 0 fully saturated rings. The molecular formula is C22H23FN4O2. The fraction of sp³-hybridized carbons (Fsp3) is 0.318. The molecule has 0 bridgehead atoms. The predicted molar refractivity (Wildman–Crippen MR) is 107 cm³/mol. The lowest BCUT2D eigenvalue weighted by molar-refractivity contribution is 0.0731. The van der Waals surface area contributed by atoms with Gasteiger partial charge in [-0.3, -0.25) is 9.48 Å². The number of hydrogen-bond donors (Lipinski definition) is 0. The third-order valence-corrected chi connectivity index (χ3v) is 5.50. The summed E-state index contributed by atoms with van der Waals surface area (Å²) in [5.41, 5.74) is 5.84. The molecule has 29 heavy (non-hydrogen) atoms. The number of carbonyl (C=O) groups excluding carboxylic acids is 1. The first-order chi connectivity index (χ1) is 13.9. The summed E-state index contributed by atoms with van der Waals surface area (Å²) in [6.45, 7) is 4.62. The van der Waals surface area contributed by atoms with Crippen molar-refractivity contribution in [2.24, 2.45) is 7.05 Å². The number of ether oxygens (including phenoxy) is 1. The van der Waals surface area contributed by atoms with Gasteiger partial charge in [-0.05, 0) is 50.1 Å². The quantitative estimate of drug-likeness (QED) is 0.683. The van der Waals surface area contributed by atoms with Gasteiger partial charge in [0.05, 0.1) is 25.0 Å². The second kappa shape index (κ2) is 7.31. The smallest absolute Gasteiger partial charge is 0.254 e. The highest BCUT2D eigenvalue weighted by Gasteiger charge is 2.28. The molecule has 4 rings (SSSR count). The molecule has 0 saturated carbocycles. The summed E-state index contributed by atoms with van der Waals surface area (Å²) >= 11 is 0. The lowest BCUT2D eigenvalue weighted by Crippen LogP contribution is -2.36. The van der Waals surface area contributed by atoms with Crippen LogP contribution in [0.1, 0.15) is 32.7 Å². The average Bonchev–Trinajstić information content (AvgIpc) is 3.04. The number of aromatic nitrogens is 3. The Hall–Kier alpha value is -3.22. The maximum absolute atomic E-state index is 13.7. The van der Waals surface area contributed by atoms with E-state index in [1.165, 1.54) is 6.07 Å². The highest BCUT2D eigenvalue weighted by molar-refractivity contribution is 5.96. The zero-order valence-corrected chi connectivity index (χ0v) is 17.0. The number of nitrogens with zero attached hydrogens (tertiary/aromatic N) is 4. The molecule has 1 amide bonds. The minimum Gasteiger partial charge on any atom is -0.481 e. The minimum atomic E-state index is -0.218. The molecule has 0 N–H and O–H groups in total. The summed E-state index contributed by atoms with van der Waals surface area (Å²) in [5, 5.41) is 4.65. The molecule has 7 heteroatoms. The van der Waals surface area contributed by atoms with Crippen LogP contribution in [0.15, 0.2) is 30.5 Å². The van der Waals surface area contributed by atoms with Crippen molar-refractivity contribution in [2.75, 3.05) is 13.7 Å². The number of benzene rings is 1. The van der Waals surface area contributed by atoms with E-state index >= 15 is 0 Å². The van der Waals surface area contributed by atoms with Crippen molar-refractivity contribution in [1.29, 1.82) is 0 Å². The Labute approximate surface area is 168 Å². The first kappa shape index (κ1) is 19.1. The van der Waals surface area contributed by atoms with Crippen molar-refractivity contribution in [1.82, 2.24) is 19.7 Å². The predicted octanol–water partition coefficient (Wildman–Crippen LogP) is 3.45. The van der Waals surface area contributed by atoms with Gasteiger partial charge in [-0.2, -0.15) is 5.10 Å². The van der Waals surface area contributed by atoms with Crippen LogP contribution in [0.25, 0.3) is 11.3 Å². The third kappa shape index (κ3) is 3.26. The second-order valence-electron chi connectivity index (χ2n) is 7.33. The normalized spacial score (nSPS) is 13.3. The molecule has 0 radical (unpaired) electrons. The van der Waals surface area contributed by atoms with Crippen LogP contribution in [0.2, 0.25) is 0 Å². The van der Waals surface area contributed by atoms with Gasteiger partial charge in [-0.15, -0.1) is 0 Å². The number of hydrogen-bond acceptors (Lipinski definition) is 4. The Morgan fingerprint density at radius 2 is 2.03 bits per heavy atom. The van der Waals surface area contributed by atoms with Gasteiger partial charge in [0.15, 0.2) is 0 Å². The standard InChI is InChI=1S/C22H23FN4O2/c1-13-11-15(5-6-18(13)23)20-17-8-10-27(12-19(17)25-26(20)3)22(28)16-7-9-24-21(29-4)14(16)2/h5-7,9,11H,8,10,12H2,1-4H3. The van der Waals surface area contributed by atoms with E-state index in [1.807, 2.05) is 24.7 Å². The summed E-state index contributed by atoms with van der Waals surface area (Å²) in [6.07, 6.45) is 2.28. The van der Waals surface area contributed by atoms with Crippen molar-refractivity contribution in [3.05, 3.63) is 64.2 Å². The van der Waals surface area contributed by atoms with Gasteiger partial charge in [-0.25, -0.2) is 9.37 Å². The van der Waals surface area contributed by atoms with E-state index in [1.54, 1.807) is 37.3 Å². The largest absolute Gasteiger partial charge is 0.481 e. The van der Waals surface area contributed by atoms with Crippen molar-refractivity contribution in [3.8, 4) is 17.1 Å². The molecule has 6 nitrogen and oxygen atoms in total. The number of pyridine rings is 1. The monoisotopic (exact) mass is 394 g/mol. The first-order valence-electron chi connectivity index (χ1n) is 9.50. The van der Waals surface area contributed by atoms with Crippen LogP contribution in [0.3, 0.4) is 0 Å². The molecule has 3 aromatic rings. The minimum absolute atomic E-state index is 0.0568. The van der Waals surface area contributed by atoms with E-state index in [0.29, 0.717) is 36.5 Å². The highest BCUT2D eigenvalue weighted by atomic mass is 19.1. The van der Waals surface area contributed by atoms with Crippen LogP contribution in [0.5, 0.6) is 5.88 Å². The van der Waals surface area contributed by atoms with Crippen LogP contribution in [0.4, 0.5) is 4.39 Å². The van der Waals surface area contributed by atoms with Crippen molar-refractivity contribution in [3.63, 3.8) is 0 Å². The molecule has 0 unspecified atom stereocenters. The van der Waals surface area contributed by atoms with E-state index in [2.05, 4.69) is 10.1 Å². The van der Waals surface area contributed by atoms with Crippen molar-refractivity contribution in [2.45, 2.75) is 26.8 Å². The maximum atomic E-state index is 13.7. The summed E-state index contributed by atoms with van der Waals surface area (Å²) in [7, 11) is 3.43. The van der Waals surface area contributed by atoms with Crippen LogP contribution in [-0.2, 0) is 20.0 Å². The van der Waals surface area contributed by atoms with Crippen LogP contribution < -0.4 is 4.74 Å². The Bertz CT molecular complexity index is 1110. The highest BCUT2D eigenvalue weighted by Crippen LogP contribution is 2.31. The first-order valence-corrected chi connectivity index (χ1v) is 9.50. The molecule has 2 aromatic heterocycles. The lowest BCUT2D eigenvalue weighted by Gasteiger charge is -2.27. The van der Waals surface area contributed by atoms with Gasteiger partial charge in [0.25, 0.3) is 5.91 Å². The Morgan fingerprint density at radius 1 is 1.24 bits per heavy atom. The number of aryl methyl sites for hydroxylation is 2. The van der Waals surface area contributed by atoms with Gasteiger partial charge >= 0.3 is 0 Å². The second-order valence-corrected chi connectivity index (χ2v) is 7.33. The molecule has 0 spiro atoms. The summed E-state index contributed by atoms with van der Waals surface area (Å²) < 4.78 is 20.8. The summed E-state index contributed by atoms with van der Waals surface area (Å²) in [4.78, 5) is 19.1. The fourth-order valence-electron chi connectivity index (χ4n) is 3.97. The Kier molecular flexibility index (Phi) is 4.82. The molecular weight excluding hydrogens is 371 g/mol.